The van der Waals surface area contributed by atoms with Crippen molar-refractivity contribution in [1.82, 2.24) is 10.4 Å². The van der Waals surface area contributed by atoms with Crippen molar-refractivity contribution in [3.05, 3.63) is 47.5 Å². The first-order valence-corrected chi connectivity index (χ1v) is 7.50. The second-order valence-corrected chi connectivity index (χ2v) is 6.32. The molecule has 5 nitrogen and oxygen atoms in total. The largest absolute Gasteiger partial charge is 0.272 e. The highest BCUT2D eigenvalue weighted by Crippen LogP contribution is 2.52. The van der Waals surface area contributed by atoms with Crippen LogP contribution in [0.25, 0.3) is 0 Å². The predicted octanol–water partition coefficient (Wildman–Crippen LogP) is 1.45. The van der Waals surface area contributed by atoms with E-state index in [0.717, 1.165) is 17.0 Å². The van der Waals surface area contributed by atoms with E-state index in [2.05, 4.69) is 5.43 Å². The molecule has 1 heterocycles. The minimum Gasteiger partial charge on any atom is -0.272 e. The molecule has 3 aliphatic rings. The monoisotopic (exact) mass is 296 g/mol. The molecule has 3 amide bonds. The maximum absolute atomic E-state index is 12.5. The van der Waals surface area contributed by atoms with Crippen LogP contribution >= 0.6 is 0 Å². The van der Waals surface area contributed by atoms with Crippen molar-refractivity contribution in [2.45, 2.75) is 13.3 Å². The number of allylic oxidation sites excluding steroid dienone is 2. The number of aryl methyl sites for hydroxylation is 1. The number of nitrogens with zero attached hydrogens (tertiary/aromatic N) is 1. The Labute approximate surface area is 128 Å². The maximum Gasteiger partial charge on any atom is 0.270 e. The number of carbonyl (C=O) groups excluding carboxylic acids is 3. The lowest BCUT2D eigenvalue weighted by Crippen LogP contribution is -2.47. The smallest absolute Gasteiger partial charge is 0.270 e. The summed E-state index contributed by atoms with van der Waals surface area (Å²) in [6.45, 7) is 1.93. The molecule has 22 heavy (non-hydrogen) atoms. The molecule has 1 aliphatic heterocycles. The zero-order chi connectivity index (χ0) is 15.4. The molecule has 0 unspecified atom stereocenters. The first kappa shape index (κ1) is 13.2. The molecular weight excluding hydrogens is 280 g/mol. The molecule has 112 valence electrons. The van der Waals surface area contributed by atoms with Crippen LogP contribution in [0, 0.1) is 30.6 Å². The second kappa shape index (κ2) is 4.53. The Balaban J connectivity index is 1.54. The lowest BCUT2D eigenvalue weighted by molar-refractivity contribution is -0.143. The summed E-state index contributed by atoms with van der Waals surface area (Å²) in [6, 6.07) is 7.01. The molecular formula is C17H16N2O3. The van der Waals surface area contributed by atoms with Crippen molar-refractivity contribution in [2.75, 3.05) is 0 Å². The maximum atomic E-state index is 12.5. The van der Waals surface area contributed by atoms with E-state index < -0.39 is 5.91 Å². The Morgan fingerprint density at radius 1 is 1.05 bits per heavy atom. The molecule has 1 saturated heterocycles. The van der Waals surface area contributed by atoms with E-state index >= 15 is 0 Å². The first-order chi connectivity index (χ1) is 10.6. The number of rotatable bonds is 2. The Hall–Kier alpha value is -2.43. The van der Waals surface area contributed by atoms with Crippen molar-refractivity contribution in [3.8, 4) is 0 Å². The van der Waals surface area contributed by atoms with Gasteiger partial charge in [0.05, 0.1) is 11.8 Å². The number of hydrazine groups is 1. The molecule has 5 heteroatoms. The van der Waals surface area contributed by atoms with E-state index in [1.165, 1.54) is 0 Å². The molecule has 2 fully saturated rings. The molecule has 4 rings (SSSR count). The quantitative estimate of drug-likeness (QED) is 0.663. The molecule has 1 aromatic rings. The van der Waals surface area contributed by atoms with Gasteiger partial charge in [-0.05, 0) is 37.3 Å². The van der Waals surface area contributed by atoms with Gasteiger partial charge < -0.3 is 0 Å². The number of hydrogen-bond donors (Lipinski definition) is 1. The summed E-state index contributed by atoms with van der Waals surface area (Å²) in [7, 11) is 0. The molecule has 0 aromatic heterocycles. The minimum absolute atomic E-state index is 0.146. The van der Waals surface area contributed by atoms with Crippen LogP contribution in [0.2, 0.25) is 0 Å². The SMILES string of the molecule is Cc1ccc(C(=O)NN2C(=O)[C@@H]3[C@H](C2=O)[C@H]2C=C[C@H]3C2)cc1. The standard InChI is InChI=1S/C17H16N2O3/c1-9-2-4-10(5-3-9)15(20)18-19-16(21)13-11-6-7-12(8-11)14(13)17(19)22/h2-7,11-14H,8H2,1H3,(H,18,20)/t11-,12-,13-,14+/m0/s1. The number of nitrogens with one attached hydrogen (secondary N) is 1. The Kier molecular flexibility index (Phi) is 2.73. The molecule has 2 bridgehead atoms. The van der Waals surface area contributed by atoms with Crippen molar-refractivity contribution in [2.24, 2.45) is 23.7 Å². The average Bonchev–Trinajstić information content (AvgIpc) is 3.17. The summed E-state index contributed by atoms with van der Waals surface area (Å²) < 4.78 is 0. The van der Waals surface area contributed by atoms with Gasteiger partial charge in [0.1, 0.15) is 0 Å². The van der Waals surface area contributed by atoms with Crippen LogP contribution < -0.4 is 5.43 Å². The highest BCUT2D eigenvalue weighted by Gasteiger charge is 2.59. The van der Waals surface area contributed by atoms with Gasteiger partial charge >= 0.3 is 0 Å². The van der Waals surface area contributed by atoms with Crippen molar-refractivity contribution >= 4 is 17.7 Å². The Morgan fingerprint density at radius 3 is 2.14 bits per heavy atom. The van der Waals surface area contributed by atoms with Crippen LogP contribution in [-0.4, -0.2) is 22.7 Å². The number of amides is 3. The highest BCUT2D eigenvalue weighted by molar-refractivity contribution is 6.08. The van der Waals surface area contributed by atoms with Gasteiger partial charge in [-0.2, -0.15) is 5.01 Å². The fraction of sp³-hybridized carbons (Fsp3) is 0.353. The van der Waals surface area contributed by atoms with E-state index in [1.807, 2.05) is 31.2 Å². The molecule has 1 saturated carbocycles. The van der Waals surface area contributed by atoms with Crippen LogP contribution in [-0.2, 0) is 9.59 Å². The highest BCUT2D eigenvalue weighted by atomic mass is 16.2. The normalized spacial score (nSPS) is 31.8. The third kappa shape index (κ3) is 1.75. The van der Waals surface area contributed by atoms with Gasteiger partial charge in [0.2, 0.25) is 0 Å². The van der Waals surface area contributed by atoms with Gasteiger partial charge in [-0.1, -0.05) is 29.8 Å². The molecule has 4 atom stereocenters. The number of carbonyl (C=O) groups is 3. The average molecular weight is 296 g/mol. The summed E-state index contributed by atoms with van der Waals surface area (Å²) in [5, 5.41) is 0.934. The first-order valence-electron chi connectivity index (χ1n) is 7.50. The lowest BCUT2D eigenvalue weighted by atomic mass is 9.85. The van der Waals surface area contributed by atoms with Crippen LogP contribution in [0.15, 0.2) is 36.4 Å². The van der Waals surface area contributed by atoms with Gasteiger partial charge in [0.25, 0.3) is 17.7 Å². The van der Waals surface area contributed by atoms with Gasteiger partial charge in [0, 0.05) is 5.56 Å². The number of benzene rings is 1. The van der Waals surface area contributed by atoms with E-state index in [-0.39, 0.29) is 35.5 Å². The van der Waals surface area contributed by atoms with Crippen LogP contribution in [0.3, 0.4) is 0 Å². The molecule has 0 spiro atoms. The molecule has 1 N–H and O–H groups in total. The number of hydrogen-bond acceptors (Lipinski definition) is 3. The van der Waals surface area contributed by atoms with Crippen molar-refractivity contribution < 1.29 is 14.4 Å². The summed E-state index contributed by atoms with van der Waals surface area (Å²) in [6.07, 6.45) is 4.94. The minimum atomic E-state index is -0.429. The third-order valence-corrected chi connectivity index (χ3v) is 5.00. The molecule has 1 aromatic carbocycles. The Bertz CT molecular complexity index is 677. The predicted molar refractivity (Wildman–Crippen MR) is 78.2 cm³/mol. The zero-order valence-electron chi connectivity index (χ0n) is 12.2. The van der Waals surface area contributed by atoms with E-state index in [1.54, 1.807) is 12.1 Å². The fourth-order valence-corrected chi connectivity index (χ4v) is 3.88. The lowest BCUT2D eigenvalue weighted by Gasteiger charge is -2.18. The summed E-state index contributed by atoms with van der Waals surface area (Å²) in [5.74, 6) is -1.26. The molecule has 0 radical (unpaired) electrons. The summed E-state index contributed by atoms with van der Waals surface area (Å²) >= 11 is 0. The van der Waals surface area contributed by atoms with Crippen LogP contribution in [0.1, 0.15) is 22.3 Å². The summed E-state index contributed by atoms with van der Waals surface area (Å²) in [5.41, 5.74) is 3.96. The summed E-state index contributed by atoms with van der Waals surface area (Å²) in [4.78, 5) is 37.2. The number of imide groups is 1. The van der Waals surface area contributed by atoms with E-state index in [9.17, 15) is 14.4 Å². The van der Waals surface area contributed by atoms with Gasteiger partial charge in [0.15, 0.2) is 0 Å². The van der Waals surface area contributed by atoms with Gasteiger partial charge in [-0.15, -0.1) is 0 Å². The second-order valence-electron chi connectivity index (χ2n) is 6.32. The van der Waals surface area contributed by atoms with Gasteiger partial charge in [-0.3, -0.25) is 19.8 Å². The van der Waals surface area contributed by atoms with Gasteiger partial charge in [-0.25, -0.2) is 0 Å². The van der Waals surface area contributed by atoms with E-state index in [4.69, 9.17) is 0 Å². The third-order valence-electron chi connectivity index (χ3n) is 5.00. The topological polar surface area (TPSA) is 66.5 Å². The number of fused-ring (bicyclic) bond motifs is 5. The van der Waals surface area contributed by atoms with Crippen LogP contribution in [0.5, 0.6) is 0 Å². The molecule has 2 aliphatic carbocycles. The van der Waals surface area contributed by atoms with Crippen LogP contribution in [0.4, 0.5) is 0 Å². The van der Waals surface area contributed by atoms with E-state index in [0.29, 0.717) is 5.56 Å². The van der Waals surface area contributed by atoms with Crippen molar-refractivity contribution in [3.63, 3.8) is 0 Å². The fourth-order valence-electron chi connectivity index (χ4n) is 3.88. The zero-order valence-corrected chi connectivity index (χ0v) is 12.2. The Morgan fingerprint density at radius 2 is 1.59 bits per heavy atom. The van der Waals surface area contributed by atoms with Crippen molar-refractivity contribution in [1.29, 1.82) is 0 Å².